The Morgan fingerprint density at radius 1 is 1.13 bits per heavy atom. The predicted octanol–water partition coefficient (Wildman–Crippen LogP) is 3.49. The summed E-state index contributed by atoms with van der Waals surface area (Å²) in [5.41, 5.74) is 1.85. The fraction of sp³-hybridized carbons (Fsp3) is 0.222. The van der Waals surface area contributed by atoms with Crippen molar-refractivity contribution in [3.05, 3.63) is 65.0 Å². The van der Waals surface area contributed by atoms with Crippen molar-refractivity contribution in [1.82, 2.24) is 0 Å². The molecular weight excluding hydrogens is 297 g/mol. The van der Waals surface area contributed by atoms with Crippen molar-refractivity contribution in [2.24, 2.45) is 0 Å². The van der Waals surface area contributed by atoms with Crippen LogP contribution in [-0.2, 0) is 16.0 Å². The number of carbonyl (C=O) groups is 2. The van der Waals surface area contributed by atoms with Gasteiger partial charge in [0.15, 0.2) is 0 Å². The topological polar surface area (TPSA) is 55.4 Å². The molecule has 2 aromatic rings. The summed E-state index contributed by atoms with van der Waals surface area (Å²) in [7, 11) is 0. The molecule has 2 aromatic carbocycles. The van der Waals surface area contributed by atoms with Crippen LogP contribution in [0.3, 0.4) is 0 Å². The second-order valence-corrected chi connectivity index (χ2v) is 5.01. The van der Waals surface area contributed by atoms with Crippen LogP contribution in [0.1, 0.15) is 28.4 Å². The summed E-state index contributed by atoms with van der Waals surface area (Å²) in [6, 6.07) is 11.1. The smallest absolute Gasteiger partial charge is 0.338 e. The molecule has 0 aromatic heterocycles. The van der Waals surface area contributed by atoms with E-state index >= 15 is 0 Å². The van der Waals surface area contributed by atoms with Gasteiger partial charge in [0.25, 0.3) is 0 Å². The molecule has 0 radical (unpaired) electrons. The molecule has 0 bridgehead atoms. The number of ether oxygens (including phenoxy) is 1. The van der Waals surface area contributed by atoms with E-state index in [-0.39, 0.29) is 18.9 Å². The van der Waals surface area contributed by atoms with Crippen LogP contribution in [0.5, 0.6) is 0 Å². The summed E-state index contributed by atoms with van der Waals surface area (Å²) in [4.78, 5) is 24.0. The van der Waals surface area contributed by atoms with Crippen LogP contribution in [0, 0.1) is 12.7 Å². The Balaban J connectivity index is 2.14. The molecule has 0 spiro atoms. The average Bonchev–Trinajstić information content (AvgIpc) is 2.52. The van der Waals surface area contributed by atoms with Crippen molar-refractivity contribution in [3.63, 3.8) is 0 Å². The maximum Gasteiger partial charge on any atom is 0.338 e. The number of anilines is 1. The van der Waals surface area contributed by atoms with E-state index in [4.69, 9.17) is 4.74 Å². The maximum absolute atomic E-state index is 13.6. The first kappa shape index (κ1) is 16.7. The minimum atomic E-state index is -0.435. The fourth-order valence-corrected chi connectivity index (χ4v) is 2.21. The highest BCUT2D eigenvalue weighted by molar-refractivity contribution is 5.97. The zero-order valence-corrected chi connectivity index (χ0v) is 13.1. The fourth-order valence-electron chi connectivity index (χ4n) is 2.21. The first-order valence-electron chi connectivity index (χ1n) is 7.33. The lowest BCUT2D eigenvalue weighted by molar-refractivity contribution is -0.115. The van der Waals surface area contributed by atoms with E-state index in [1.165, 1.54) is 6.07 Å². The molecule has 23 heavy (non-hydrogen) atoms. The van der Waals surface area contributed by atoms with Crippen molar-refractivity contribution in [2.45, 2.75) is 20.3 Å². The Morgan fingerprint density at radius 3 is 2.57 bits per heavy atom. The number of nitrogens with one attached hydrogen (secondary N) is 1. The Morgan fingerprint density at radius 2 is 1.87 bits per heavy atom. The van der Waals surface area contributed by atoms with Gasteiger partial charge < -0.3 is 10.1 Å². The largest absolute Gasteiger partial charge is 0.462 e. The molecule has 0 aliphatic carbocycles. The Kier molecular flexibility index (Phi) is 5.46. The van der Waals surface area contributed by atoms with Gasteiger partial charge in [-0.15, -0.1) is 0 Å². The highest BCUT2D eigenvalue weighted by Gasteiger charge is 2.14. The van der Waals surface area contributed by atoms with Crippen molar-refractivity contribution in [1.29, 1.82) is 0 Å². The van der Waals surface area contributed by atoms with E-state index in [1.54, 1.807) is 50.2 Å². The molecule has 0 heterocycles. The molecule has 0 saturated carbocycles. The second-order valence-electron chi connectivity index (χ2n) is 5.01. The summed E-state index contributed by atoms with van der Waals surface area (Å²) in [6.45, 7) is 3.74. The number of esters is 1. The lowest BCUT2D eigenvalue weighted by Gasteiger charge is -2.12. The molecule has 0 fully saturated rings. The third-order valence-electron chi connectivity index (χ3n) is 3.41. The molecule has 1 N–H and O–H groups in total. The van der Waals surface area contributed by atoms with E-state index in [2.05, 4.69) is 5.32 Å². The van der Waals surface area contributed by atoms with E-state index < -0.39 is 11.8 Å². The lowest BCUT2D eigenvalue weighted by Crippen LogP contribution is -2.17. The van der Waals surface area contributed by atoms with Crippen LogP contribution in [-0.4, -0.2) is 18.5 Å². The summed E-state index contributed by atoms with van der Waals surface area (Å²) < 4.78 is 18.6. The number of benzene rings is 2. The molecule has 120 valence electrons. The highest BCUT2D eigenvalue weighted by atomic mass is 19.1. The molecule has 1 amide bonds. The molecule has 0 aliphatic rings. The molecule has 4 nitrogen and oxygen atoms in total. The number of rotatable bonds is 5. The normalized spacial score (nSPS) is 10.2. The zero-order valence-electron chi connectivity index (χ0n) is 13.1. The van der Waals surface area contributed by atoms with Gasteiger partial charge in [0.2, 0.25) is 5.91 Å². The van der Waals surface area contributed by atoms with Crippen LogP contribution in [0.25, 0.3) is 0 Å². The SMILES string of the molecule is CCOC(=O)c1cccc(NC(=O)Cc2ccccc2F)c1C. The van der Waals surface area contributed by atoms with Gasteiger partial charge in [-0.1, -0.05) is 24.3 Å². The summed E-state index contributed by atoms with van der Waals surface area (Å²) >= 11 is 0. The van der Waals surface area contributed by atoms with Crippen LogP contribution in [0.4, 0.5) is 10.1 Å². The van der Waals surface area contributed by atoms with E-state index in [1.807, 2.05) is 0 Å². The van der Waals surface area contributed by atoms with Crippen molar-refractivity contribution in [2.75, 3.05) is 11.9 Å². The van der Waals surface area contributed by atoms with Crippen LogP contribution in [0.2, 0.25) is 0 Å². The molecule has 5 heteroatoms. The van der Waals surface area contributed by atoms with E-state index in [9.17, 15) is 14.0 Å². The molecular formula is C18H18FNO3. The number of amides is 1. The van der Waals surface area contributed by atoms with Crippen molar-refractivity contribution in [3.8, 4) is 0 Å². The van der Waals surface area contributed by atoms with Gasteiger partial charge >= 0.3 is 5.97 Å². The van der Waals surface area contributed by atoms with Gasteiger partial charge in [-0.25, -0.2) is 9.18 Å². The van der Waals surface area contributed by atoms with Gasteiger partial charge in [0, 0.05) is 5.69 Å². The van der Waals surface area contributed by atoms with Crippen molar-refractivity contribution < 1.29 is 18.7 Å². The van der Waals surface area contributed by atoms with Gasteiger partial charge in [-0.3, -0.25) is 4.79 Å². The van der Waals surface area contributed by atoms with E-state index in [0.717, 1.165) is 0 Å². The molecule has 0 aliphatic heterocycles. The van der Waals surface area contributed by atoms with Gasteiger partial charge in [0.05, 0.1) is 18.6 Å². The van der Waals surface area contributed by atoms with Gasteiger partial charge in [-0.2, -0.15) is 0 Å². The third-order valence-corrected chi connectivity index (χ3v) is 3.41. The summed E-state index contributed by atoms with van der Waals surface area (Å²) in [6.07, 6.45) is -0.0737. The monoisotopic (exact) mass is 315 g/mol. The first-order valence-corrected chi connectivity index (χ1v) is 7.33. The number of hydrogen-bond acceptors (Lipinski definition) is 3. The Hall–Kier alpha value is -2.69. The third kappa shape index (κ3) is 4.16. The van der Waals surface area contributed by atoms with Gasteiger partial charge in [0.1, 0.15) is 5.82 Å². The first-order chi connectivity index (χ1) is 11.0. The zero-order chi connectivity index (χ0) is 16.8. The average molecular weight is 315 g/mol. The second kappa shape index (κ2) is 7.54. The Labute approximate surface area is 134 Å². The lowest BCUT2D eigenvalue weighted by atomic mass is 10.1. The van der Waals surface area contributed by atoms with Crippen LogP contribution >= 0.6 is 0 Å². The van der Waals surface area contributed by atoms with Crippen molar-refractivity contribution >= 4 is 17.6 Å². The van der Waals surface area contributed by atoms with Gasteiger partial charge in [-0.05, 0) is 43.2 Å². The molecule has 2 rings (SSSR count). The number of hydrogen-bond donors (Lipinski definition) is 1. The van der Waals surface area contributed by atoms with Crippen LogP contribution in [0.15, 0.2) is 42.5 Å². The van der Waals surface area contributed by atoms with Crippen LogP contribution < -0.4 is 5.32 Å². The van der Waals surface area contributed by atoms with E-state index in [0.29, 0.717) is 22.4 Å². The summed E-state index contributed by atoms with van der Waals surface area (Å²) in [5.74, 6) is -1.20. The highest BCUT2D eigenvalue weighted by Crippen LogP contribution is 2.20. The minimum absolute atomic E-state index is 0.0737. The number of halogens is 1. The quantitative estimate of drug-likeness (QED) is 0.859. The molecule has 0 saturated heterocycles. The maximum atomic E-state index is 13.6. The summed E-state index contributed by atoms with van der Waals surface area (Å²) in [5, 5.41) is 2.71. The minimum Gasteiger partial charge on any atom is -0.462 e. The Bertz CT molecular complexity index is 728. The molecule has 0 unspecified atom stereocenters. The standard InChI is InChI=1S/C18H18FNO3/c1-3-23-18(22)14-8-6-10-16(12(14)2)20-17(21)11-13-7-4-5-9-15(13)19/h4-10H,3,11H2,1-2H3,(H,20,21). The molecule has 0 atom stereocenters. The number of carbonyl (C=O) groups excluding carboxylic acids is 2. The predicted molar refractivity (Wildman–Crippen MR) is 85.9 cm³/mol.